The summed E-state index contributed by atoms with van der Waals surface area (Å²) in [6.45, 7) is 0.616. The van der Waals surface area contributed by atoms with Crippen LogP contribution in [0, 0.1) is 7.14 Å². The van der Waals surface area contributed by atoms with Crippen molar-refractivity contribution < 1.29 is 4.74 Å². The first kappa shape index (κ1) is 9.01. The molecule has 1 heterocycles. The maximum absolute atomic E-state index is 5.85. The van der Waals surface area contributed by atoms with Crippen LogP contribution >= 0.6 is 45.2 Å². The Morgan fingerprint density at radius 3 is 2.92 bits per heavy atom. The van der Waals surface area contributed by atoms with Crippen LogP contribution in [0.15, 0.2) is 12.1 Å². The summed E-state index contributed by atoms with van der Waals surface area (Å²) >= 11 is 4.57. The summed E-state index contributed by atoms with van der Waals surface area (Å²) in [5.41, 5.74) is 7.00. The van der Waals surface area contributed by atoms with Crippen LogP contribution in [0.1, 0.15) is 11.6 Å². The second kappa shape index (κ2) is 3.30. The zero-order chi connectivity index (χ0) is 8.72. The van der Waals surface area contributed by atoms with E-state index < -0.39 is 0 Å². The molecule has 0 saturated carbocycles. The van der Waals surface area contributed by atoms with Crippen LogP contribution < -0.4 is 10.5 Å². The standard InChI is InChI=1S/C8H7I2NO/c9-4-1-5-7(11)3-12-8(5)6(10)2-4/h1-2,7H,3,11H2/t7-/m0/s1. The van der Waals surface area contributed by atoms with Crippen LogP contribution in [0.2, 0.25) is 0 Å². The molecule has 2 nitrogen and oxygen atoms in total. The molecule has 0 unspecified atom stereocenters. The third kappa shape index (κ3) is 1.44. The van der Waals surface area contributed by atoms with E-state index in [2.05, 4.69) is 57.3 Å². The summed E-state index contributed by atoms with van der Waals surface area (Å²) in [5.74, 6) is 0.975. The molecule has 1 aromatic rings. The van der Waals surface area contributed by atoms with Crippen LogP contribution in [0.4, 0.5) is 0 Å². The average Bonchev–Trinajstić information content (AvgIpc) is 2.33. The number of hydrogen-bond donors (Lipinski definition) is 1. The number of nitrogens with two attached hydrogens (primary N) is 1. The highest BCUT2D eigenvalue weighted by atomic mass is 127. The van der Waals surface area contributed by atoms with Crippen molar-refractivity contribution in [3.05, 3.63) is 24.8 Å². The van der Waals surface area contributed by atoms with Gasteiger partial charge >= 0.3 is 0 Å². The number of rotatable bonds is 0. The molecule has 1 aliphatic rings. The van der Waals surface area contributed by atoms with Crippen molar-refractivity contribution in [2.45, 2.75) is 6.04 Å². The first-order chi connectivity index (χ1) is 5.68. The molecule has 0 aromatic heterocycles. The van der Waals surface area contributed by atoms with Gasteiger partial charge in [-0.2, -0.15) is 0 Å². The van der Waals surface area contributed by atoms with E-state index in [1.54, 1.807) is 0 Å². The predicted molar refractivity (Wildman–Crippen MR) is 64.3 cm³/mol. The Morgan fingerprint density at radius 2 is 2.17 bits per heavy atom. The van der Waals surface area contributed by atoms with Crippen molar-refractivity contribution in [2.75, 3.05) is 6.61 Å². The van der Waals surface area contributed by atoms with Crippen molar-refractivity contribution in [3.8, 4) is 5.75 Å². The van der Waals surface area contributed by atoms with Crippen molar-refractivity contribution in [3.63, 3.8) is 0 Å². The van der Waals surface area contributed by atoms with E-state index in [1.807, 2.05) is 0 Å². The van der Waals surface area contributed by atoms with E-state index in [4.69, 9.17) is 10.5 Å². The molecule has 4 heteroatoms. The average molecular weight is 387 g/mol. The molecule has 0 bridgehead atoms. The molecule has 0 spiro atoms. The number of ether oxygens (including phenoxy) is 1. The first-order valence-electron chi connectivity index (χ1n) is 3.56. The van der Waals surface area contributed by atoms with E-state index in [1.165, 1.54) is 3.57 Å². The zero-order valence-electron chi connectivity index (χ0n) is 6.18. The lowest BCUT2D eigenvalue weighted by molar-refractivity contribution is 0.331. The van der Waals surface area contributed by atoms with Crippen LogP contribution in [-0.4, -0.2) is 6.61 Å². The highest BCUT2D eigenvalue weighted by Gasteiger charge is 2.23. The molecule has 2 rings (SSSR count). The smallest absolute Gasteiger partial charge is 0.137 e. The summed E-state index contributed by atoms with van der Waals surface area (Å²) in [6.07, 6.45) is 0. The van der Waals surface area contributed by atoms with Crippen molar-refractivity contribution in [1.82, 2.24) is 0 Å². The van der Waals surface area contributed by atoms with E-state index in [-0.39, 0.29) is 6.04 Å². The van der Waals surface area contributed by atoms with Gasteiger partial charge in [-0.15, -0.1) is 0 Å². The molecule has 1 atom stereocenters. The van der Waals surface area contributed by atoms with Gasteiger partial charge < -0.3 is 10.5 Å². The van der Waals surface area contributed by atoms with E-state index in [0.717, 1.165) is 14.9 Å². The van der Waals surface area contributed by atoms with E-state index in [9.17, 15) is 0 Å². The third-order valence-corrected chi connectivity index (χ3v) is 3.27. The van der Waals surface area contributed by atoms with Gasteiger partial charge in [-0.3, -0.25) is 0 Å². The minimum Gasteiger partial charge on any atom is -0.490 e. The molecule has 0 aliphatic carbocycles. The zero-order valence-corrected chi connectivity index (χ0v) is 10.5. The Bertz CT molecular complexity index is 327. The third-order valence-electron chi connectivity index (χ3n) is 1.84. The monoisotopic (exact) mass is 387 g/mol. The minimum atomic E-state index is 0.0585. The largest absolute Gasteiger partial charge is 0.490 e. The molecule has 0 saturated heterocycles. The molecular formula is C8H7I2NO. The van der Waals surface area contributed by atoms with Gasteiger partial charge in [0.2, 0.25) is 0 Å². The van der Waals surface area contributed by atoms with Crippen LogP contribution in [0.25, 0.3) is 0 Å². The van der Waals surface area contributed by atoms with Gasteiger partial charge in [-0.05, 0) is 57.3 Å². The Kier molecular flexibility index (Phi) is 2.48. The lowest BCUT2D eigenvalue weighted by atomic mass is 10.1. The van der Waals surface area contributed by atoms with Gasteiger partial charge in [-0.1, -0.05) is 0 Å². The van der Waals surface area contributed by atoms with Crippen molar-refractivity contribution >= 4 is 45.2 Å². The Hall–Kier alpha value is 0.440. The molecular weight excluding hydrogens is 380 g/mol. The fourth-order valence-electron chi connectivity index (χ4n) is 1.27. The predicted octanol–water partition coefficient (Wildman–Crippen LogP) is 2.29. The molecule has 1 aliphatic heterocycles. The number of halogens is 2. The first-order valence-corrected chi connectivity index (χ1v) is 5.71. The number of fused-ring (bicyclic) bond motifs is 1. The van der Waals surface area contributed by atoms with E-state index >= 15 is 0 Å². The minimum absolute atomic E-state index is 0.0585. The summed E-state index contributed by atoms with van der Waals surface area (Å²) in [6, 6.07) is 4.25. The van der Waals surface area contributed by atoms with Crippen LogP contribution in [-0.2, 0) is 0 Å². The molecule has 12 heavy (non-hydrogen) atoms. The summed E-state index contributed by atoms with van der Waals surface area (Å²) in [7, 11) is 0. The van der Waals surface area contributed by atoms with Gasteiger partial charge in [0, 0.05) is 9.13 Å². The topological polar surface area (TPSA) is 35.2 Å². The van der Waals surface area contributed by atoms with Crippen molar-refractivity contribution in [2.24, 2.45) is 5.73 Å². The fourth-order valence-corrected chi connectivity index (χ4v) is 3.32. The Morgan fingerprint density at radius 1 is 1.42 bits per heavy atom. The number of hydrogen-bond acceptors (Lipinski definition) is 2. The van der Waals surface area contributed by atoms with Gasteiger partial charge in [0.25, 0.3) is 0 Å². The van der Waals surface area contributed by atoms with Gasteiger partial charge in [-0.25, -0.2) is 0 Å². The van der Waals surface area contributed by atoms with Crippen LogP contribution in [0.3, 0.4) is 0 Å². The van der Waals surface area contributed by atoms with Crippen molar-refractivity contribution in [1.29, 1.82) is 0 Å². The second-order valence-electron chi connectivity index (χ2n) is 2.72. The Balaban J connectivity index is 2.60. The highest BCUT2D eigenvalue weighted by Crippen LogP contribution is 2.36. The highest BCUT2D eigenvalue weighted by molar-refractivity contribution is 14.1. The molecule has 0 amide bonds. The summed E-state index contributed by atoms with van der Waals surface area (Å²) in [4.78, 5) is 0. The molecule has 0 fully saturated rings. The SMILES string of the molecule is N[C@H]1COc2c(I)cc(I)cc21. The second-order valence-corrected chi connectivity index (χ2v) is 5.13. The Labute approximate surface area is 98.1 Å². The molecule has 0 radical (unpaired) electrons. The lowest BCUT2D eigenvalue weighted by Crippen LogP contribution is -2.10. The molecule has 64 valence electrons. The number of benzene rings is 1. The lowest BCUT2D eigenvalue weighted by Gasteiger charge is -2.03. The fraction of sp³-hybridized carbons (Fsp3) is 0.250. The summed E-state index contributed by atoms with van der Waals surface area (Å²) < 4.78 is 7.83. The molecule has 2 N–H and O–H groups in total. The van der Waals surface area contributed by atoms with Gasteiger partial charge in [0.05, 0.1) is 9.61 Å². The maximum atomic E-state index is 5.85. The van der Waals surface area contributed by atoms with E-state index in [0.29, 0.717) is 6.61 Å². The summed E-state index contributed by atoms with van der Waals surface area (Å²) in [5, 5.41) is 0. The maximum Gasteiger partial charge on any atom is 0.137 e. The molecule has 1 aromatic carbocycles. The normalized spacial score (nSPS) is 20.4. The van der Waals surface area contributed by atoms with Crippen LogP contribution in [0.5, 0.6) is 5.75 Å². The van der Waals surface area contributed by atoms with Gasteiger partial charge in [0.15, 0.2) is 0 Å². The quantitative estimate of drug-likeness (QED) is 0.694. The van der Waals surface area contributed by atoms with Gasteiger partial charge in [0.1, 0.15) is 12.4 Å².